The predicted molar refractivity (Wildman–Crippen MR) is 22.8 cm³/mol. The summed E-state index contributed by atoms with van der Waals surface area (Å²) in [6.07, 6.45) is 0. The van der Waals surface area contributed by atoms with Crippen LogP contribution in [0.3, 0.4) is 0 Å². The lowest BCUT2D eigenvalue weighted by atomic mass is 10.8. The van der Waals surface area contributed by atoms with Crippen LogP contribution in [-0.4, -0.2) is 26.2 Å². The minimum Gasteiger partial charge on any atom is -0.413 e. The first-order valence-electron chi connectivity index (χ1n) is 2.26. The van der Waals surface area contributed by atoms with Crippen molar-refractivity contribution in [2.45, 2.75) is 6.48 Å². The number of carbonyl (C=O) groups excluding carboxylic acids is 1. The second kappa shape index (κ2) is 2.64. The molecule has 8 heavy (non-hydrogen) atoms. The number of rotatable bonds is 2. The first-order chi connectivity index (χ1) is 3.93. The SMILES string of the molecule is O=COC1OCCO1. The minimum atomic E-state index is -0.757. The molecule has 0 radical (unpaired) electrons. The van der Waals surface area contributed by atoms with Crippen LogP contribution in [-0.2, 0) is 19.0 Å². The Morgan fingerprint density at radius 1 is 1.50 bits per heavy atom. The van der Waals surface area contributed by atoms with Crippen molar-refractivity contribution in [1.82, 2.24) is 0 Å². The summed E-state index contributed by atoms with van der Waals surface area (Å²) < 4.78 is 13.7. The van der Waals surface area contributed by atoms with Crippen LogP contribution in [0.5, 0.6) is 0 Å². The highest BCUT2D eigenvalue weighted by molar-refractivity contribution is 5.36. The van der Waals surface area contributed by atoms with Crippen molar-refractivity contribution in [3.63, 3.8) is 0 Å². The normalized spacial score (nSPS) is 21.0. The van der Waals surface area contributed by atoms with Crippen molar-refractivity contribution in [3.05, 3.63) is 0 Å². The summed E-state index contributed by atoms with van der Waals surface area (Å²) in [5.74, 6) is 0. The van der Waals surface area contributed by atoms with Crippen LogP contribution in [0.15, 0.2) is 0 Å². The van der Waals surface area contributed by atoms with E-state index in [1.54, 1.807) is 0 Å². The van der Waals surface area contributed by atoms with Gasteiger partial charge >= 0.3 is 6.48 Å². The van der Waals surface area contributed by atoms with E-state index in [1.807, 2.05) is 0 Å². The predicted octanol–water partition coefficient (Wildman–Crippen LogP) is -0.510. The fraction of sp³-hybridized carbons (Fsp3) is 0.750. The molecule has 0 aromatic heterocycles. The molecule has 4 nitrogen and oxygen atoms in total. The molecule has 1 heterocycles. The lowest BCUT2D eigenvalue weighted by Gasteiger charge is -2.02. The summed E-state index contributed by atoms with van der Waals surface area (Å²) in [5.41, 5.74) is 0. The highest BCUT2D eigenvalue weighted by Crippen LogP contribution is 2.02. The third kappa shape index (κ3) is 1.18. The maximum Gasteiger partial charge on any atom is 0.318 e. The number of carbonyl (C=O) groups is 1. The highest BCUT2D eigenvalue weighted by Gasteiger charge is 2.15. The van der Waals surface area contributed by atoms with Gasteiger partial charge in [0.15, 0.2) is 0 Å². The third-order valence-electron chi connectivity index (χ3n) is 0.758. The summed E-state index contributed by atoms with van der Waals surface area (Å²) in [5, 5.41) is 0. The molecule has 0 amide bonds. The molecule has 0 aromatic carbocycles. The van der Waals surface area contributed by atoms with Crippen molar-refractivity contribution in [2.24, 2.45) is 0 Å². The average molecular weight is 118 g/mol. The molecule has 0 spiro atoms. The lowest BCUT2D eigenvalue weighted by molar-refractivity contribution is -0.215. The lowest BCUT2D eigenvalue weighted by Crippen LogP contribution is -2.10. The molecule has 1 rings (SSSR count). The van der Waals surface area contributed by atoms with E-state index in [1.165, 1.54) is 0 Å². The van der Waals surface area contributed by atoms with Crippen LogP contribution >= 0.6 is 0 Å². The van der Waals surface area contributed by atoms with Gasteiger partial charge in [0.2, 0.25) is 0 Å². The standard InChI is InChI=1S/C4H6O4/c5-3-8-4-6-1-2-7-4/h3-4H,1-2H2. The fourth-order valence-corrected chi connectivity index (χ4v) is 0.461. The quantitative estimate of drug-likeness (QED) is 0.458. The zero-order valence-electron chi connectivity index (χ0n) is 4.20. The Hall–Kier alpha value is -0.610. The van der Waals surface area contributed by atoms with Crippen LogP contribution in [0.4, 0.5) is 0 Å². The summed E-state index contributed by atoms with van der Waals surface area (Å²) in [7, 11) is 0. The largest absolute Gasteiger partial charge is 0.413 e. The number of hydrogen-bond donors (Lipinski definition) is 0. The zero-order chi connectivity index (χ0) is 5.82. The summed E-state index contributed by atoms with van der Waals surface area (Å²) in [4.78, 5) is 9.58. The first kappa shape index (κ1) is 5.53. The fourth-order valence-electron chi connectivity index (χ4n) is 0.461. The van der Waals surface area contributed by atoms with Gasteiger partial charge < -0.3 is 14.2 Å². The minimum absolute atomic E-state index is 0.302. The van der Waals surface area contributed by atoms with Gasteiger partial charge in [0, 0.05) is 0 Å². The monoisotopic (exact) mass is 118 g/mol. The molecular formula is C4H6O4. The number of ether oxygens (including phenoxy) is 3. The second-order valence-corrected chi connectivity index (χ2v) is 1.26. The van der Waals surface area contributed by atoms with Crippen molar-refractivity contribution in [2.75, 3.05) is 13.2 Å². The van der Waals surface area contributed by atoms with E-state index in [0.717, 1.165) is 0 Å². The van der Waals surface area contributed by atoms with E-state index in [-0.39, 0.29) is 0 Å². The first-order valence-corrected chi connectivity index (χ1v) is 2.26. The Bertz CT molecular complexity index is 76.1. The van der Waals surface area contributed by atoms with E-state index in [0.29, 0.717) is 19.7 Å². The second-order valence-electron chi connectivity index (χ2n) is 1.26. The molecule has 0 unspecified atom stereocenters. The van der Waals surface area contributed by atoms with Crippen molar-refractivity contribution < 1.29 is 19.0 Å². The summed E-state index contributed by atoms with van der Waals surface area (Å²) >= 11 is 0. The zero-order valence-corrected chi connectivity index (χ0v) is 4.20. The molecular weight excluding hydrogens is 112 g/mol. The van der Waals surface area contributed by atoms with Gasteiger partial charge in [-0.2, -0.15) is 0 Å². The van der Waals surface area contributed by atoms with Gasteiger partial charge in [-0.25, -0.2) is 0 Å². The Morgan fingerprint density at radius 2 is 2.12 bits per heavy atom. The van der Waals surface area contributed by atoms with Crippen LogP contribution in [0.25, 0.3) is 0 Å². The molecule has 0 bridgehead atoms. The molecule has 0 saturated carbocycles. The van der Waals surface area contributed by atoms with Crippen LogP contribution in [0.2, 0.25) is 0 Å². The molecule has 0 aromatic rings. The van der Waals surface area contributed by atoms with Crippen LogP contribution < -0.4 is 0 Å². The topological polar surface area (TPSA) is 44.8 Å². The summed E-state index contributed by atoms with van der Waals surface area (Å²) in [6, 6.07) is 0. The maximum absolute atomic E-state index is 9.58. The van der Waals surface area contributed by atoms with Crippen LogP contribution in [0, 0.1) is 0 Å². The van der Waals surface area contributed by atoms with Gasteiger partial charge in [-0.05, 0) is 0 Å². The van der Waals surface area contributed by atoms with E-state index in [4.69, 9.17) is 9.47 Å². The molecule has 1 saturated heterocycles. The molecule has 1 fully saturated rings. The van der Waals surface area contributed by atoms with E-state index in [2.05, 4.69) is 4.74 Å². The Balaban J connectivity index is 2.14. The maximum atomic E-state index is 9.58. The molecule has 0 aliphatic carbocycles. The Kier molecular flexibility index (Phi) is 1.82. The van der Waals surface area contributed by atoms with Crippen molar-refractivity contribution in [1.29, 1.82) is 0 Å². The van der Waals surface area contributed by atoms with Crippen molar-refractivity contribution >= 4 is 6.47 Å². The third-order valence-corrected chi connectivity index (χ3v) is 0.758. The van der Waals surface area contributed by atoms with Gasteiger partial charge in [0.25, 0.3) is 6.47 Å². The Morgan fingerprint density at radius 3 is 2.62 bits per heavy atom. The van der Waals surface area contributed by atoms with Gasteiger partial charge in [-0.3, -0.25) is 4.79 Å². The molecule has 0 atom stereocenters. The van der Waals surface area contributed by atoms with Crippen molar-refractivity contribution in [3.8, 4) is 0 Å². The van der Waals surface area contributed by atoms with Gasteiger partial charge in [-0.15, -0.1) is 0 Å². The highest BCUT2D eigenvalue weighted by atomic mass is 16.9. The van der Waals surface area contributed by atoms with E-state index in [9.17, 15) is 4.79 Å². The number of hydrogen-bond acceptors (Lipinski definition) is 4. The Labute approximate surface area is 46.3 Å². The van der Waals surface area contributed by atoms with Gasteiger partial charge in [0.05, 0.1) is 13.2 Å². The average Bonchev–Trinajstić information content (AvgIpc) is 2.19. The molecule has 1 aliphatic heterocycles. The van der Waals surface area contributed by atoms with Crippen LogP contribution in [0.1, 0.15) is 0 Å². The molecule has 4 heteroatoms. The smallest absolute Gasteiger partial charge is 0.318 e. The van der Waals surface area contributed by atoms with Gasteiger partial charge in [-0.1, -0.05) is 0 Å². The molecule has 0 N–H and O–H groups in total. The van der Waals surface area contributed by atoms with E-state index >= 15 is 0 Å². The molecule has 1 aliphatic rings. The molecule has 46 valence electrons. The van der Waals surface area contributed by atoms with E-state index < -0.39 is 6.48 Å². The summed E-state index contributed by atoms with van der Waals surface area (Å²) in [6.45, 7) is 0.542. The van der Waals surface area contributed by atoms with Gasteiger partial charge in [0.1, 0.15) is 0 Å².